The summed E-state index contributed by atoms with van der Waals surface area (Å²) in [6.07, 6.45) is 5.37. The van der Waals surface area contributed by atoms with Crippen LogP contribution in [0.4, 0.5) is 0 Å². The molecule has 2 fully saturated rings. The third-order valence-corrected chi connectivity index (χ3v) is 3.73. The van der Waals surface area contributed by atoms with Crippen LogP contribution in [0.25, 0.3) is 0 Å². The minimum absolute atomic E-state index is 0.755. The highest BCUT2D eigenvalue weighted by atomic mass is 16.5. The maximum Gasteiger partial charge on any atom is 0.0516 e. The number of rotatable bonds is 5. The zero-order valence-electron chi connectivity index (χ0n) is 9.66. The van der Waals surface area contributed by atoms with E-state index < -0.39 is 0 Å². The molecule has 2 heterocycles. The first-order valence-corrected chi connectivity index (χ1v) is 6.38. The Kier molecular flexibility index (Phi) is 4.42. The Morgan fingerprint density at radius 2 is 2.13 bits per heavy atom. The van der Waals surface area contributed by atoms with E-state index in [2.05, 4.69) is 4.90 Å². The molecule has 2 N–H and O–H groups in total. The summed E-state index contributed by atoms with van der Waals surface area (Å²) in [5, 5.41) is 0. The Morgan fingerprint density at radius 3 is 2.80 bits per heavy atom. The summed E-state index contributed by atoms with van der Waals surface area (Å²) < 4.78 is 5.18. The van der Waals surface area contributed by atoms with Gasteiger partial charge in [-0.3, -0.25) is 0 Å². The molecule has 2 aliphatic heterocycles. The van der Waals surface area contributed by atoms with E-state index in [1.165, 1.54) is 45.3 Å². The van der Waals surface area contributed by atoms with E-state index in [4.69, 9.17) is 10.5 Å². The summed E-state index contributed by atoms with van der Waals surface area (Å²) in [5.74, 6) is 1.62. The normalized spacial score (nSPS) is 29.0. The van der Waals surface area contributed by atoms with Gasteiger partial charge in [0, 0.05) is 12.5 Å². The van der Waals surface area contributed by atoms with Crippen LogP contribution >= 0.6 is 0 Å². The van der Waals surface area contributed by atoms with Gasteiger partial charge in [0.25, 0.3) is 0 Å². The lowest BCUT2D eigenvalue weighted by molar-refractivity contribution is -0.0373. The topological polar surface area (TPSA) is 38.5 Å². The highest BCUT2D eigenvalue weighted by Crippen LogP contribution is 2.19. The molecule has 0 aromatic rings. The molecule has 2 saturated heterocycles. The second-order valence-electron chi connectivity index (χ2n) is 5.09. The number of ether oxygens (including phenoxy) is 1. The molecule has 2 aliphatic rings. The molecule has 2 rings (SSSR count). The molecule has 0 aromatic heterocycles. The summed E-state index contributed by atoms with van der Waals surface area (Å²) in [7, 11) is 0. The SMILES string of the molecule is NCC1CCCN(CCCC2COC2)C1. The largest absolute Gasteiger partial charge is 0.381 e. The van der Waals surface area contributed by atoms with Gasteiger partial charge in [-0.2, -0.15) is 0 Å². The molecule has 0 bridgehead atoms. The molecule has 0 aromatic carbocycles. The number of hydrogen-bond acceptors (Lipinski definition) is 3. The molecular weight excluding hydrogens is 188 g/mol. The first-order valence-electron chi connectivity index (χ1n) is 6.38. The van der Waals surface area contributed by atoms with Gasteiger partial charge in [0.1, 0.15) is 0 Å². The number of likely N-dealkylation sites (tertiary alicyclic amines) is 1. The molecule has 0 aliphatic carbocycles. The van der Waals surface area contributed by atoms with Crippen molar-refractivity contribution in [3.8, 4) is 0 Å². The van der Waals surface area contributed by atoms with Crippen molar-refractivity contribution in [1.82, 2.24) is 4.90 Å². The van der Waals surface area contributed by atoms with E-state index in [0.717, 1.165) is 31.6 Å². The van der Waals surface area contributed by atoms with Gasteiger partial charge in [0.05, 0.1) is 13.2 Å². The van der Waals surface area contributed by atoms with Crippen molar-refractivity contribution >= 4 is 0 Å². The van der Waals surface area contributed by atoms with Crippen molar-refractivity contribution < 1.29 is 4.74 Å². The highest BCUT2D eigenvalue weighted by molar-refractivity contribution is 4.74. The van der Waals surface area contributed by atoms with Gasteiger partial charge in [-0.15, -0.1) is 0 Å². The van der Waals surface area contributed by atoms with Crippen LogP contribution in [0.1, 0.15) is 25.7 Å². The van der Waals surface area contributed by atoms with E-state index in [1.807, 2.05) is 0 Å². The van der Waals surface area contributed by atoms with Gasteiger partial charge in [0.15, 0.2) is 0 Å². The predicted octanol–water partition coefficient (Wildman–Crippen LogP) is 1.08. The predicted molar refractivity (Wildman–Crippen MR) is 61.8 cm³/mol. The zero-order valence-corrected chi connectivity index (χ0v) is 9.66. The van der Waals surface area contributed by atoms with Crippen LogP contribution in [-0.2, 0) is 4.74 Å². The zero-order chi connectivity index (χ0) is 10.5. The van der Waals surface area contributed by atoms with Gasteiger partial charge in [-0.25, -0.2) is 0 Å². The molecule has 3 nitrogen and oxygen atoms in total. The number of nitrogens with zero attached hydrogens (tertiary/aromatic N) is 1. The van der Waals surface area contributed by atoms with Crippen LogP contribution in [0.2, 0.25) is 0 Å². The van der Waals surface area contributed by atoms with Crippen molar-refractivity contribution in [2.75, 3.05) is 39.4 Å². The molecule has 15 heavy (non-hydrogen) atoms. The number of piperidine rings is 1. The Bertz CT molecular complexity index is 182. The van der Waals surface area contributed by atoms with E-state index in [-0.39, 0.29) is 0 Å². The molecular formula is C12H24N2O. The molecule has 1 atom stereocenters. The smallest absolute Gasteiger partial charge is 0.0516 e. The van der Waals surface area contributed by atoms with E-state index in [9.17, 15) is 0 Å². The minimum Gasteiger partial charge on any atom is -0.381 e. The van der Waals surface area contributed by atoms with Crippen molar-refractivity contribution in [2.24, 2.45) is 17.6 Å². The lowest BCUT2D eigenvalue weighted by Gasteiger charge is -2.33. The van der Waals surface area contributed by atoms with Crippen LogP contribution in [0.3, 0.4) is 0 Å². The average Bonchev–Trinajstić information content (AvgIpc) is 2.22. The van der Waals surface area contributed by atoms with Crippen LogP contribution in [0.5, 0.6) is 0 Å². The lowest BCUT2D eigenvalue weighted by Crippen LogP contribution is -2.39. The second-order valence-corrected chi connectivity index (χ2v) is 5.09. The van der Waals surface area contributed by atoms with Gasteiger partial charge in [0.2, 0.25) is 0 Å². The number of hydrogen-bond donors (Lipinski definition) is 1. The van der Waals surface area contributed by atoms with Crippen molar-refractivity contribution in [1.29, 1.82) is 0 Å². The lowest BCUT2D eigenvalue weighted by atomic mass is 9.97. The van der Waals surface area contributed by atoms with Crippen LogP contribution in [0, 0.1) is 11.8 Å². The monoisotopic (exact) mass is 212 g/mol. The van der Waals surface area contributed by atoms with Crippen molar-refractivity contribution in [2.45, 2.75) is 25.7 Å². The summed E-state index contributed by atoms with van der Waals surface area (Å²) in [6.45, 7) is 6.67. The van der Waals surface area contributed by atoms with Gasteiger partial charge in [-0.1, -0.05) is 0 Å². The van der Waals surface area contributed by atoms with Gasteiger partial charge >= 0.3 is 0 Å². The first-order chi connectivity index (χ1) is 7.38. The summed E-state index contributed by atoms with van der Waals surface area (Å²) in [6, 6.07) is 0. The Morgan fingerprint density at radius 1 is 1.27 bits per heavy atom. The van der Waals surface area contributed by atoms with E-state index in [0.29, 0.717) is 0 Å². The third kappa shape index (κ3) is 3.44. The van der Waals surface area contributed by atoms with Gasteiger partial charge in [-0.05, 0) is 51.2 Å². The van der Waals surface area contributed by atoms with Crippen LogP contribution < -0.4 is 5.73 Å². The Balaban J connectivity index is 1.56. The molecule has 88 valence electrons. The third-order valence-electron chi connectivity index (χ3n) is 3.73. The fourth-order valence-corrected chi connectivity index (χ4v) is 2.60. The minimum atomic E-state index is 0.755. The Hall–Kier alpha value is -0.120. The molecule has 0 spiro atoms. The summed E-state index contributed by atoms with van der Waals surface area (Å²) in [5.41, 5.74) is 5.73. The molecule has 1 unspecified atom stereocenters. The fourth-order valence-electron chi connectivity index (χ4n) is 2.60. The van der Waals surface area contributed by atoms with Gasteiger partial charge < -0.3 is 15.4 Å². The summed E-state index contributed by atoms with van der Waals surface area (Å²) in [4.78, 5) is 2.60. The summed E-state index contributed by atoms with van der Waals surface area (Å²) >= 11 is 0. The second kappa shape index (κ2) is 5.83. The molecule has 0 radical (unpaired) electrons. The Labute approximate surface area is 93.0 Å². The molecule has 3 heteroatoms. The quantitative estimate of drug-likeness (QED) is 0.741. The average molecular weight is 212 g/mol. The number of nitrogens with two attached hydrogens (primary N) is 1. The first kappa shape index (κ1) is 11.4. The standard InChI is InChI=1S/C12H24N2O/c13-7-11-3-1-5-14(8-11)6-2-4-12-9-15-10-12/h11-12H,1-10,13H2. The molecule has 0 saturated carbocycles. The van der Waals surface area contributed by atoms with E-state index in [1.54, 1.807) is 0 Å². The van der Waals surface area contributed by atoms with Crippen LogP contribution in [0.15, 0.2) is 0 Å². The maximum atomic E-state index is 5.73. The maximum absolute atomic E-state index is 5.73. The fraction of sp³-hybridized carbons (Fsp3) is 1.00. The van der Waals surface area contributed by atoms with Crippen LogP contribution in [-0.4, -0.2) is 44.3 Å². The highest BCUT2D eigenvalue weighted by Gasteiger charge is 2.20. The van der Waals surface area contributed by atoms with Crippen molar-refractivity contribution in [3.63, 3.8) is 0 Å². The molecule has 0 amide bonds. The van der Waals surface area contributed by atoms with E-state index >= 15 is 0 Å². The van der Waals surface area contributed by atoms with Crippen molar-refractivity contribution in [3.05, 3.63) is 0 Å².